The van der Waals surface area contributed by atoms with Gasteiger partial charge in [-0.25, -0.2) is 4.79 Å². The van der Waals surface area contributed by atoms with Crippen molar-refractivity contribution in [1.29, 1.82) is 0 Å². The van der Waals surface area contributed by atoms with E-state index in [4.69, 9.17) is 4.74 Å². The van der Waals surface area contributed by atoms with Gasteiger partial charge in [0, 0.05) is 28.3 Å². The third kappa shape index (κ3) is 3.82. The van der Waals surface area contributed by atoms with Gasteiger partial charge in [-0.15, -0.1) is 12.6 Å². The topological polar surface area (TPSA) is 117 Å². The van der Waals surface area contributed by atoms with Crippen LogP contribution in [0.4, 0.5) is 5.69 Å². The van der Waals surface area contributed by atoms with E-state index in [0.717, 1.165) is 4.57 Å². The first-order valence-corrected chi connectivity index (χ1v) is 8.81. The zero-order valence-electron chi connectivity index (χ0n) is 14.6. The van der Waals surface area contributed by atoms with Crippen LogP contribution in [0.2, 0.25) is 0 Å². The number of rotatable bonds is 5. The van der Waals surface area contributed by atoms with E-state index >= 15 is 0 Å². The quantitative estimate of drug-likeness (QED) is 0.448. The van der Waals surface area contributed by atoms with Gasteiger partial charge in [-0.05, 0) is 31.9 Å². The fourth-order valence-corrected chi connectivity index (χ4v) is 3.35. The average molecular weight is 393 g/mol. The van der Waals surface area contributed by atoms with Crippen LogP contribution in [0.3, 0.4) is 0 Å². The van der Waals surface area contributed by atoms with E-state index in [2.05, 4.69) is 12.6 Å². The van der Waals surface area contributed by atoms with Crippen molar-refractivity contribution in [3.8, 4) is 0 Å². The lowest BCUT2D eigenvalue weighted by Gasteiger charge is -2.18. The molecular formula is C17H19N3O6S. The lowest BCUT2D eigenvalue weighted by atomic mass is 10.1. The standard InChI is InChI=1S/C17H19N3O6S/c1-10-7-18(15-5-3-12(9-21)26-15)17(23)19(16(10)22)8-11-2-4-13(27)6-14(11)20(24)25/h2,4,6-7,12,15,21,27H,3,5,8-9H2,1H3/t12-,15+/m0/s1. The summed E-state index contributed by atoms with van der Waals surface area (Å²) in [7, 11) is 0. The number of nitro groups is 1. The van der Waals surface area contributed by atoms with Crippen LogP contribution in [0.5, 0.6) is 0 Å². The molecule has 1 N–H and O–H groups in total. The van der Waals surface area contributed by atoms with Gasteiger partial charge in [0.25, 0.3) is 11.2 Å². The van der Waals surface area contributed by atoms with Gasteiger partial charge in [-0.1, -0.05) is 0 Å². The lowest BCUT2D eigenvalue weighted by molar-refractivity contribution is -0.385. The van der Waals surface area contributed by atoms with E-state index in [1.165, 1.54) is 22.9 Å². The Morgan fingerprint density at radius 3 is 2.74 bits per heavy atom. The summed E-state index contributed by atoms with van der Waals surface area (Å²) in [6.07, 6.45) is 1.61. The maximum absolute atomic E-state index is 12.9. The van der Waals surface area contributed by atoms with Crippen LogP contribution in [-0.2, 0) is 11.3 Å². The van der Waals surface area contributed by atoms with E-state index in [1.54, 1.807) is 13.0 Å². The Morgan fingerprint density at radius 1 is 1.37 bits per heavy atom. The molecule has 144 valence electrons. The minimum atomic E-state index is -0.613. The number of hydrogen-bond acceptors (Lipinski definition) is 7. The molecule has 9 nitrogen and oxygen atoms in total. The predicted molar refractivity (Wildman–Crippen MR) is 99.4 cm³/mol. The smallest absolute Gasteiger partial charge is 0.333 e. The van der Waals surface area contributed by atoms with Crippen molar-refractivity contribution in [3.63, 3.8) is 0 Å². The largest absolute Gasteiger partial charge is 0.394 e. The van der Waals surface area contributed by atoms with E-state index in [9.17, 15) is 24.8 Å². The number of thiol groups is 1. The summed E-state index contributed by atoms with van der Waals surface area (Å²) in [4.78, 5) is 36.5. The summed E-state index contributed by atoms with van der Waals surface area (Å²) < 4.78 is 7.91. The molecule has 10 heteroatoms. The van der Waals surface area contributed by atoms with Crippen LogP contribution in [0.25, 0.3) is 0 Å². The van der Waals surface area contributed by atoms with Gasteiger partial charge in [0.15, 0.2) is 0 Å². The molecule has 0 saturated carbocycles. The number of aliphatic hydroxyl groups excluding tert-OH is 1. The molecule has 1 aromatic carbocycles. The first kappa shape index (κ1) is 19.3. The van der Waals surface area contributed by atoms with Crippen LogP contribution in [0.1, 0.15) is 30.2 Å². The summed E-state index contributed by atoms with van der Waals surface area (Å²) in [6.45, 7) is 1.19. The lowest BCUT2D eigenvalue weighted by Crippen LogP contribution is -2.42. The summed E-state index contributed by atoms with van der Waals surface area (Å²) >= 11 is 4.10. The number of benzene rings is 1. The average Bonchev–Trinajstić information content (AvgIpc) is 3.11. The summed E-state index contributed by atoms with van der Waals surface area (Å²) in [5.41, 5.74) is -0.788. The molecular weight excluding hydrogens is 374 g/mol. The number of aryl methyl sites for hydroxylation is 1. The molecule has 27 heavy (non-hydrogen) atoms. The fourth-order valence-electron chi connectivity index (χ4n) is 3.16. The molecule has 2 heterocycles. The highest BCUT2D eigenvalue weighted by molar-refractivity contribution is 7.80. The molecule has 0 bridgehead atoms. The molecule has 1 aliphatic rings. The van der Waals surface area contributed by atoms with Crippen LogP contribution < -0.4 is 11.2 Å². The van der Waals surface area contributed by atoms with Gasteiger partial charge in [-0.3, -0.25) is 24.0 Å². The van der Waals surface area contributed by atoms with Crippen molar-refractivity contribution in [2.45, 2.75) is 43.5 Å². The SMILES string of the molecule is Cc1cn([C@H]2CC[C@@H](CO)O2)c(=O)n(Cc2ccc(S)cc2[N+](=O)[O-])c1=O. The highest BCUT2D eigenvalue weighted by Crippen LogP contribution is 2.27. The molecule has 0 radical (unpaired) electrons. The second-order valence-corrected chi connectivity index (χ2v) is 6.95. The van der Waals surface area contributed by atoms with E-state index in [0.29, 0.717) is 23.3 Å². The molecule has 1 aliphatic heterocycles. The highest BCUT2D eigenvalue weighted by atomic mass is 32.1. The Hall–Kier alpha value is -2.43. The minimum absolute atomic E-state index is 0.147. The van der Waals surface area contributed by atoms with Gasteiger partial charge >= 0.3 is 5.69 Å². The first-order valence-electron chi connectivity index (χ1n) is 8.37. The molecule has 0 aliphatic carbocycles. The number of hydrogen-bond donors (Lipinski definition) is 2. The number of aliphatic hydroxyl groups is 1. The van der Waals surface area contributed by atoms with Crippen molar-refractivity contribution in [1.82, 2.24) is 9.13 Å². The Kier molecular flexibility index (Phi) is 5.49. The Morgan fingerprint density at radius 2 is 2.11 bits per heavy atom. The van der Waals surface area contributed by atoms with Crippen molar-refractivity contribution in [2.24, 2.45) is 0 Å². The number of aromatic nitrogens is 2. The second kappa shape index (κ2) is 7.67. The van der Waals surface area contributed by atoms with E-state index in [-0.39, 0.29) is 30.5 Å². The van der Waals surface area contributed by atoms with Gasteiger partial charge in [-0.2, -0.15) is 0 Å². The van der Waals surface area contributed by atoms with E-state index in [1.807, 2.05) is 0 Å². The molecule has 0 spiro atoms. The second-order valence-electron chi connectivity index (χ2n) is 6.44. The van der Waals surface area contributed by atoms with Gasteiger partial charge in [0.2, 0.25) is 0 Å². The third-order valence-electron chi connectivity index (χ3n) is 4.56. The van der Waals surface area contributed by atoms with Crippen molar-refractivity contribution < 1.29 is 14.8 Å². The normalized spacial score (nSPS) is 19.4. The molecule has 1 fully saturated rings. The van der Waals surface area contributed by atoms with Crippen LogP contribution in [0, 0.1) is 17.0 Å². The van der Waals surface area contributed by atoms with Crippen LogP contribution in [-0.4, -0.2) is 31.9 Å². The Labute approximate surface area is 159 Å². The van der Waals surface area contributed by atoms with Crippen LogP contribution in [0.15, 0.2) is 38.9 Å². The Bertz CT molecular complexity index is 999. The first-order chi connectivity index (χ1) is 12.8. The molecule has 3 rings (SSSR count). The van der Waals surface area contributed by atoms with Gasteiger partial charge in [0.05, 0.1) is 24.2 Å². The molecule has 1 aromatic heterocycles. The maximum atomic E-state index is 12.9. The molecule has 2 aromatic rings. The Balaban J connectivity index is 2.06. The van der Waals surface area contributed by atoms with Crippen LogP contribution >= 0.6 is 12.6 Å². The number of nitro benzene ring substituents is 1. The summed E-state index contributed by atoms with van der Waals surface area (Å²) in [6, 6.07) is 4.33. The van der Waals surface area contributed by atoms with E-state index < -0.39 is 22.4 Å². The van der Waals surface area contributed by atoms with Gasteiger partial charge in [0.1, 0.15) is 6.23 Å². The van der Waals surface area contributed by atoms with Crippen molar-refractivity contribution in [2.75, 3.05) is 6.61 Å². The molecule has 0 unspecified atom stereocenters. The fraction of sp³-hybridized carbons (Fsp3) is 0.412. The summed E-state index contributed by atoms with van der Waals surface area (Å²) in [5.74, 6) is 0. The third-order valence-corrected chi connectivity index (χ3v) is 4.84. The highest BCUT2D eigenvalue weighted by Gasteiger charge is 2.28. The summed E-state index contributed by atoms with van der Waals surface area (Å²) in [5, 5.41) is 20.5. The van der Waals surface area contributed by atoms with Crippen molar-refractivity contribution in [3.05, 3.63) is 66.5 Å². The minimum Gasteiger partial charge on any atom is -0.394 e. The zero-order chi connectivity index (χ0) is 19.7. The maximum Gasteiger partial charge on any atom is 0.333 e. The monoisotopic (exact) mass is 393 g/mol. The molecule has 1 saturated heterocycles. The predicted octanol–water partition coefficient (Wildman–Crippen LogP) is 1.23. The molecule has 2 atom stereocenters. The number of ether oxygens (including phenoxy) is 1. The van der Waals surface area contributed by atoms with Crippen molar-refractivity contribution >= 4 is 18.3 Å². The molecule has 0 amide bonds. The number of nitrogens with zero attached hydrogens (tertiary/aromatic N) is 3. The zero-order valence-corrected chi connectivity index (χ0v) is 15.5. The van der Waals surface area contributed by atoms with Gasteiger partial charge < -0.3 is 9.84 Å².